The second kappa shape index (κ2) is 10.1. The summed E-state index contributed by atoms with van der Waals surface area (Å²) in [6.07, 6.45) is -3.89. The lowest BCUT2D eigenvalue weighted by Crippen LogP contribution is -2.29. The number of aromatic amines is 1. The van der Waals surface area contributed by atoms with Crippen LogP contribution in [0, 0.1) is 0 Å². The molecule has 1 heterocycles. The molecule has 0 saturated heterocycles. The predicted octanol–water partition coefficient (Wildman–Crippen LogP) is 5.44. The molecule has 1 amide bonds. The first-order chi connectivity index (χ1) is 16.8. The van der Waals surface area contributed by atoms with Crippen LogP contribution in [0.2, 0.25) is 0 Å². The molecule has 4 rings (SSSR count). The van der Waals surface area contributed by atoms with E-state index in [1.54, 1.807) is 32.4 Å². The Morgan fingerprint density at radius 2 is 1.71 bits per heavy atom. The van der Waals surface area contributed by atoms with Crippen LogP contribution in [0.3, 0.4) is 0 Å². The Morgan fingerprint density at radius 3 is 2.40 bits per heavy atom. The highest BCUT2D eigenvalue weighted by molar-refractivity contribution is 5.79. The van der Waals surface area contributed by atoms with Gasteiger partial charge in [0.25, 0.3) is 0 Å². The largest absolute Gasteiger partial charge is 0.493 e. The van der Waals surface area contributed by atoms with Crippen LogP contribution < -0.4 is 14.8 Å². The van der Waals surface area contributed by atoms with Gasteiger partial charge in [-0.15, -0.1) is 0 Å². The number of hydrogen-bond donors (Lipinski definition) is 2. The van der Waals surface area contributed by atoms with E-state index in [4.69, 9.17) is 9.47 Å². The van der Waals surface area contributed by atoms with Crippen molar-refractivity contribution in [3.63, 3.8) is 0 Å². The van der Waals surface area contributed by atoms with Gasteiger partial charge in [0.1, 0.15) is 0 Å². The number of aryl methyl sites for hydroxylation is 1. The summed E-state index contributed by atoms with van der Waals surface area (Å²) in [5.41, 5.74) is 2.80. The van der Waals surface area contributed by atoms with E-state index < -0.39 is 18.0 Å². The van der Waals surface area contributed by atoms with Crippen LogP contribution >= 0.6 is 0 Å². The van der Waals surface area contributed by atoms with Crippen molar-refractivity contribution in [2.24, 2.45) is 0 Å². The number of alkyl halides is 3. The summed E-state index contributed by atoms with van der Waals surface area (Å²) in [5.74, 6) is -0.0689. The third-order valence-electron chi connectivity index (χ3n) is 5.63. The number of rotatable bonds is 8. The molecule has 3 aromatic carbocycles. The monoisotopic (exact) mass is 483 g/mol. The number of methoxy groups -OCH3 is 2. The van der Waals surface area contributed by atoms with Crippen LogP contribution in [0.1, 0.15) is 35.0 Å². The first-order valence-electron chi connectivity index (χ1n) is 10.9. The molecule has 0 aliphatic carbocycles. The van der Waals surface area contributed by atoms with E-state index in [9.17, 15) is 18.0 Å². The van der Waals surface area contributed by atoms with Gasteiger partial charge in [-0.25, -0.2) is 4.98 Å². The SMILES string of the molecule is COc1ccc(CCC(=O)NC(c2ccccc2)c2ccc3nc(C(F)(F)F)[nH]c3c2)cc1OC. The molecule has 0 spiro atoms. The van der Waals surface area contributed by atoms with Gasteiger partial charge in [0.15, 0.2) is 11.5 Å². The molecule has 182 valence electrons. The maximum atomic E-state index is 13.1. The number of amides is 1. The van der Waals surface area contributed by atoms with Crippen molar-refractivity contribution < 1.29 is 27.4 Å². The average Bonchev–Trinajstić information content (AvgIpc) is 3.30. The molecule has 0 saturated carbocycles. The van der Waals surface area contributed by atoms with Crippen molar-refractivity contribution in [2.45, 2.75) is 25.1 Å². The Bertz CT molecular complexity index is 1320. The minimum Gasteiger partial charge on any atom is -0.493 e. The van der Waals surface area contributed by atoms with Gasteiger partial charge >= 0.3 is 6.18 Å². The molecule has 2 N–H and O–H groups in total. The van der Waals surface area contributed by atoms with Gasteiger partial charge in [-0.1, -0.05) is 42.5 Å². The predicted molar refractivity (Wildman–Crippen MR) is 125 cm³/mol. The fourth-order valence-corrected chi connectivity index (χ4v) is 3.87. The van der Waals surface area contributed by atoms with Gasteiger partial charge in [0, 0.05) is 6.42 Å². The molecular formula is C26H24F3N3O3. The summed E-state index contributed by atoms with van der Waals surface area (Å²) in [4.78, 5) is 18.9. The second-order valence-corrected chi connectivity index (χ2v) is 7.96. The molecule has 0 bridgehead atoms. The van der Waals surface area contributed by atoms with Crippen LogP contribution in [-0.4, -0.2) is 30.1 Å². The molecule has 0 radical (unpaired) electrons. The van der Waals surface area contributed by atoms with Crippen LogP contribution in [0.25, 0.3) is 11.0 Å². The lowest BCUT2D eigenvalue weighted by Gasteiger charge is -2.20. The number of ether oxygens (including phenoxy) is 2. The van der Waals surface area contributed by atoms with Gasteiger partial charge < -0.3 is 19.8 Å². The summed E-state index contributed by atoms with van der Waals surface area (Å²) < 4.78 is 49.8. The van der Waals surface area contributed by atoms with E-state index in [-0.39, 0.29) is 23.4 Å². The number of hydrogen-bond acceptors (Lipinski definition) is 4. The molecule has 1 atom stereocenters. The van der Waals surface area contributed by atoms with E-state index >= 15 is 0 Å². The molecule has 4 aromatic rings. The van der Waals surface area contributed by atoms with E-state index in [0.29, 0.717) is 23.5 Å². The molecule has 9 heteroatoms. The summed E-state index contributed by atoms with van der Waals surface area (Å²) in [7, 11) is 3.10. The molecule has 35 heavy (non-hydrogen) atoms. The van der Waals surface area contributed by atoms with Crippen LogP contribution in [-0.2, 0) is 17.4 Å². The van der Waals surface area contributed by atoms with Gasteiger partial charge in [0.2, 0.25) is 11.7 Å². The van der Waals surface area contributed by atoms with Crippen molar-refractivity contribution in [2.75, 3.05) is 14.2 Å². The standard InChI is InChI=1S/C26H24F3N3O3/c1-34-21-12-8-16(14-22(21)35-2)9-13-23(33)32-24(17-6-4-3-5-7-17)18-10-11-19-20(15-18)31-25(30-19)26(27,28)29/h3-8,10-12,14-15,24H,9,13H2,1-2H3,(H,30,31)(H,32,33). The second-order valence-electron chi connectivity index (χ2n) is 7.96. The molecule has 1 aromatic heterocycles. The molecule has 0 aliphatic rings. The molecular weight excluding hydrogens is 459 g/mol. The minimum absolute atomic E-state index is 0.200. The first-order valence-corrected chi connectivity index (χ1v) is 10.9. The highest BCUT2D eigenvalue weighted by atomic mass is 19.4. The fourth-order valence-electron chi connectivity index (χ4n) is 3.87. The lowest BCUT2D eigenvalue weighted by molar-refractivity contribution is -0.144. The third-order valence-corrected chi connectivity index (χ3v) is 5.63. The topological polar surface area (TPSA) is 76.2 Å². The van der Waals surface area contributed by atoms with Crippen molar-refractivity contribution in [1.82, 2.24) is 15.3 Å². The maximum Gasteiger partial charge on any atom is 0.449 e. The summed E-state index contributed by atoms with van der Waals surface area (Å²) in [5, 5.41) is 3.02. The molecule has 0 aliphatic heterocycles. The van der Waals surface area contributed by atoms with Gasteiger partial charge in [-0.2, -0.15) is 13.2 Å². The lowest BCUT2D eigenvalue weighted by atomic mass is 9.97. The Labute approximate surface area is 200 Å². The van der Waals surface area contributed by atoms with Crippen LogP contribution in [0.5, 0.6) is 11.5 Å². The number of carbonyl (C=O) groups excluding carboxylic acids is 1. The van der Waals surface area contributed by atoms with E-state index in [1.165, 1.54) is 6.07 Å². The average molecular weight is 483 g/mol. The summed E-state index contributed by atoms with van der Waals surface area (Å²) in [6.45, 7) is 0. The van der Waals surface area contributed by atoms with Gasteiger partial charge in [-0.3, -0.25) is 4.79 Å². The molecule has 6 nitrogen and oxygen atoms in total. The fraction of sp³-hybridized carbons (Fsp3) is 0.231. The van der Waals surface area contributed by atoms with Crippen LogP contribution in [0.4, 0.5) is 13.2 Å². The first kappa shape index (κ1) is 24.1. The number of fused-ring (bicyclic) bond motifs is 1. The highest BCUT2D eigenvalue weighted by Crippen LogP contribution is 2.31. The number of nitrogens with one attached hydrogen (secondary N) is 2. The number of aromatic nitrogens is 2. The zero-order chi connectivity index (χ0) is 25.0. The Kier molecular flexibility index (Phi) is 6.95. The minimum atomic E-state index is -4.57. The van der Waals surface area contributed by atoms with Gasteiger partial charge in [-0.05, 0) is 47.4 Å². The van der Waals surface area contributed by atoms with E-state index in [2.05, 4.69) is 15.3 Å². The normalized spacial score (nSPS) is 12.4. The zero-order valence-electron chi connectivity index (χ0n) is 19.1. The summed E-state index contributed by atoms with van der Waals surface area (Å²) >= 11 is 0. The number of carbonyl (C=O) groups is 1. The smallest absolute Gasteiger partial charge is 0.449 e. The number of H-pyrrole nitrogens is 1. The number of imidazole rings is 1. The van der Waals surface area contributed by atoms with Crippen molar-refractivity contribution >= 4 is 16.9 Å². The number of nitrogens with zero attached hydrogens (tertiary/aromatic N) is 1. The molecule has 0 fully saturated rings. The number of halogens is 3. The van der Waals surface area contributed by atoms with Crippen LogP contribution in [0.15, 0.2) is 66.7 Å². The third kappa shape index (κ3) is 5.56. The van der Waals surface area contributed by atoms with E-state index in [0.717, 1.165) is 11.1 Å². The van der Waals surface area contributed by atoms with Crippen molar-refractivity contribution in [3.8, 4) is 11.5 Å². The summed E-state index contributed by atoms with van der Waals surface area (Å²) in [6, 6.07) is 19.0. The maximum absolute atomic E-state index is 13.1. The Balaban J connectivity index is 1.55. The zero-order valence-corrected chi connectivity index (χ0v) is 19.1. The Hall–Kier alpha value is -4.01. The Morgan fingerprint density at radius 1 is 0.971 bits per heavy atom. The van der Waals surface area contributed by atoms with Gasteiger partial charge in [0.05, 0.1) is 31.3 Å². The number of benzene rings is 3. The van der Waals surface area contributed by atoms with Crippen molar-refractivity contribution in [3.05, 3.63) is 89.2 Å². The highest BCUT2D eigenvalue weighted by Gasteiger charge is 2.34. The van der Waals surface area contributed by atoms with E-state index in [1.807, 2.05) is 42.5 Å². The molecule has 1 unspecified atom stereocenters. The van der Waals surface area contributed by atoms with Crippen molar-refractivity contribution in [1.29, 1.82) is 0 Å². The quantitative estimate of drug-likeness (QED) is 0.350.